The molecule has 0 spiro atoms. The zero-order chi connectivity index (χ0) is 10.3. The van der Waals surface area contributed by atoms with Gasteiger partial charge in [-0.15, -0.1) is 12.4 Å². The van der Waals surface area contributed by atoms with Gasteiger partial charge in [-0.25, -0.2) is 4.79 Å². The van der Waals surface area contributed by atoms with Gasteiger partial charge >= 0.3 is 5.97 Å². The fourth-order valence-electron chi connectivity index (χ4n) is 1.53. The van der Waals surface area contributed by atoms with Gasteiger partial charge in [0.1, 0.15) is 6.04 Å². The topological polar surface area (TPSA) is 89.8 Å². The molecule has 4 N–H and O–H groups in total. The van der Waals surface area contributed by atoms with E-state index >= 15 is 0 Å². The third kappa shape index (κ3) is 1.92. The third-order valence-corrected chi connectivity index (χ3v) is 2.25. The summed E-state index contributed by atoms with van der Waals surface area (Å²) in [6.07, 6.45) is 0.318. The summed E-state index contributed by atoms with van der Waals surface area (Å²) in [6.45, 7) is 0. The quantitative estimate of drug-likeness (QED) is 0.427. The van der Waals surface area contributed by atoms with Crippen LogP contribution in [0.5, 0.6) is 11.5 Å². The predicted octanol–water partition coefficient (Wildman–Crippen LogP) is 0.941. The summed E-state index contributed by atoms with van der Waals surface area (Å²) in [4.78, 5) is 10.7. The maximum atomic E-state index is 10.7. The zero-order valence-corrected chi connectivity index (χ0v) is 8.41. The summed E-state index contributed by atoms with van der Waals surface area (Å²) in [7, 11) is 0. The molecule has 5 nitrogen and oxygen atoms in total. The Kier molecular flexibility index (Phi) is 2.95. The number of carbonyl (C=O) groups is 1. The lowest BCUT2D eigenvalue weighted by Gasteiger charge is -2.04. The number of anilines is 1. The molecule has 1 aliphatic rings. The lowest BCUT2D eigenvalue weighted by molar-refractivity contribution is -0.137. The predicted molar refractivity (Wildman–Crippen MR) is 55.8 cm³/mol. The number of halogens is 1. The van der Waals surface area contributed by atoms with E-state index in [1.165, 1.54) is 12.1 Å². The number of fused-ring (bicyclic) bond motifs is 1. The highest BCUT2D eigenvalue weighted by Crippen LogP contribution is 2.35. The molecule has 0 fully saturated rings. The van der Waals surface area contributed by atoms with Crippen LogP contribution in [-0.2, 0) is 11.2 Å². The fraction of sp³-hybridized carbons (Fsp3) is 0.222. The van der Waals surface area contributed by atoms with Gasteiger partial charge < -0.3 is 20.6 Å². The summed E-state index contributed by atoms with van der Waals surface area (Å²) < 4.78 is 0. The smallest absolute Gasteiger partial charge is 0.326 e. The molecule has 1 unspecified atom stereocenters. The van der Waals surface area contributed by atoms with E-state index in [0.717, 1.165) is 0 Å². The Bertz CT molecular complexity index is 376. The molecule has 1 aromatic carbocycles. The Balaban J connectivity index is 0.00000112. The molecule has 0 saturated heterocycles. The molecule has 0 aliphatic carbocycles. The van der Waals surface area contributed by atoms with Crippen molar-refractivity contribution in [2.45, 2.75) is 12.5 Å². The molecule has 0 radical (unpaired) electrons. The molecule has 0 amide bonds. The molecular weight excluding hydrogens is 222 g/mol. The van der Waals surface area contributed by atoms with Crippen molar-refractivity contribution in [3.05, 3.63) is 17.7 Å². The maximum absolute atomic E-state index is 10.7. The van der Waals surface area contributed by atoms with Gasteiger partial charge in [0.05, 0.1) is 0 Å². The van der Waals surface area contributed by atoms with Crippen molar-refractivity contribution >= 4 is 24.1 Å². The number of rotatable bonds is 1. The largest absolute Gasteiger partial charge is 0.504 e. The number of hydrogen-bond acceptors (Lipinski definition) is 4. The molecule has 2 rings (SSSR count). The number of nitrogens with one attached hydrogen (secondary N) is 1. The molecule has 15 heavy (non-hydrogen) atoms. The monoisotopic (exact) mass is 231 g/mol. The van der Waals surface area contributed by atoms with Crippen LogP contribution in [-0.4, -0.2) is 27.3 Å². The number of aliphatic carboxylic acids is 1. The van der Waals surface area contributed by atoms with Gasteiger partial charge in [-0.1, -0.05) is 0 Å². The second-order valence-corrected chi connectivity index (χ2v) is 3.24. The highest BCUT2D eigenvalue weighted by molar-refractivity contribution is 5.85. The van der Waals surface area contributed by atoms with Crippen LogP contribution in [0.1, 0.15) is 5.56 Å². The van der Waals surface area contributed by atoms with E-state index in [4.69, 9.17) is 5.11 Å². The molecule has 0 aromatic heterocycles. The number of phenols is 2. The van der Waals surface area contributed by atoms with Crippen LogP contribution in [0.3, 0.4) is 0 Å². The first-order valence-corrected chi connectivity index (χ1v) is 4.12. The molecule has 1 aromatic rings. The number of carboxylic acids is 1. The van der Waals surface area contributed by atoms with Gasteiger partial charge in [-0.05, 0) is 11.6 Å². The lowest BCUT2D eigenvalue weighted by Crippen LogP contribution is -2.26. The van der Waals surface area contributed by atoms with Crippen molar-refractivity contribution in [2.24, 2.45) is 0 Å². The summed E-state index contributed by atoms with van der Waals surface area (Å²) in [5.74, 6) is -1.42. The van der Waals surface area contributed by atoms with Crippen LogP contribution < -0.4 is 5.32 Å². The summed E-state index contributed by atoms with van der Waals surface area (Å²) in [5.41, 5.74) is 1.26. The fourth-order valence-corrected chi connectivity index (χ4v) is 1.53. The first-order chi connectivity index (χ1) is 6.58. The highest BCUT2D eigenvalue weighted by atomic mass is 35.5. The van der Waals surface area contributed by atoms with Gasteiger partial charge in [0, 0.05) is 18.2 Å². The van der Waals surface area contributed by atoms with Crippen molar-refractivity contribution in [3.8, 4) is 11.5 Å². The minimum absolute atomic E-state index is 0. The van der Waals surface area contributed by atoms with Crippen LogP contribution in [0.15, 0.2) is 12.1 Å². The minimum atomic E-state index is -0.944. The summed E-state index contributed by atoms with van der Waals surface area (Å²) in [5, 5.41) is 29.8. The normalized spacial score (nSPS) is 17.5. The molecule has 0 saturated carbocycles. The Labute approximate surface area is 91.8 Å². The Morgan fingerprint density at radius 1 is 1.33 bits per heavy atom. The van der Waals surface area contributed by atoms with Crippen molar-refractivity contribution in [3.63, 3.8) is 0 Å². The van der Waals surface area contributed by atoms with Crippen LogP contribution in [0.25, 0.3) is 0 Å². The van der Waals surface area contributed by atoms with E-state index in [1.807, 2.05) is 0 Å². The van der Waals surface area contributed by atoms with Crippen molar-refractivity contribution < 1.29 is 20.1 Å². The maximum Gasteiger partial charge on any atom is 0.326 e. The molecular formula is C9H10ClNO4. The molecule has 82 valence electrons. The minimum Gasteiger partial charge on any atom is -0.504 e. The van der Waals surface area contributed by atoms with Gasteiger partial charge in [0.25, 0.3) is 0 Å². The van der Waals surface area contributed by atoms with Crippen LogP contribution in [0.4, 0.5) is 5.69 Å². The molecule has 1 atom stereocenters. The lowest BCUT2D eigenvalue weighted by atomic mass is 10.1. The number of benzene rings is 1. The van der Waals surface area contributed by atoms with Crippen molar-refractivity contribution in [1.82, 2.24) is 0 Å². The Hall–Kier alpha value is -1.62. The molecule has 0 bridgehead atoms. The number of carboxylic acid groups (broad SMARTS) is 1. The van der Waals surface area contributed by atoms with Gasteiger partial charge in [0.2, 0.25) is 0 Å². The number of phenolic OH excluding ortho intramolecular Hbond substituents is 2. The van der Waals surface area contributed by atoms with E-state index < -0.39 is 12.0 Å². The zero-order valence-electron chi connectivity index (χ0n) is 7.60. The van der Waals surface area contributed by atoms with Gasteiger partial charge in [-0.2, -0.15) is 0 Å². The Morgan fingerprint density at radius 2 is 1.93 bits per heavy atom. The molecule has 6 heteroatoms. The highest BCUT2D eigenvalue weighted by Gasteiger charge is 2.27. The van der Waals surface area contributed by atoms with Gasteiger partial charge in [-0.3, -0.25) is 0 Å². The van der Waals surface area contributed by atoms with E-state index in [2.05, 4.69) is 5.32 Å². The van der Waals surface area contributed by atoms with Crippen molar-refractivity contribution in [1.29, 1.82) is 0 Å². The second-order valence-electron chi connectivity index (χ2n) is 3.24. The number of hydrogen-bond donors (Lipinski definition) is 4. The van der Waals surface area contributed by atoms with E-state index in [-0.39, 0.29) is 23.9 Å². The van der Waals surface area contributed by atoms with Crippen molar-refractivity contribution in [2.75, 3.05) is 5.32 Å². The van der Waals surface area contributed by atoms with Crippen LogP contribution in [0.2, 0.25) is 0 Å². The van der Waals surface area contributed by atoms with E-state index in [0.29, 0.717) is 17.7 Å². The second kappa shape index (κ2) is 3.86. The van der Waals surface area contributed by atoms with E-state index in [9.17, 15) is 15.0 Å². The average Bonchev–Trinajstić information content (AvgIpc) is 2.48. The standard InChI is InChI=1S/C9H9NO4.ClH/c11-7-2-4-1-6(9(13)14)10-5(4)3-8(7)12;/h2-3,6,10-12H,1H2,(H,13,14);1H. The molecule has 1 aliphatic heterocycles. The van der Waals surface area contributed by atoms with Gasteiger partial charge in [0.15, 0.2) is 11.5 Å². The SMILES string of the molecule is Cl.O=C(O)C1Cc2cc(O)c(O)cc2N1. The molecule has 1 heterocycles. The van der Waals surface area contributed by atoms with E-state index in [1.54, 1.807) is 0 Å². The van der Waals surface area contributed by atoms with Crippen LogP contribution >= 0.6 is 12.4 Å². The van der Waals surface area contributed by atoms with Crippen LogP contribution in [0, 0.1) is 0 Å². The number of aromatic hydroxyl groups is 2. The third-order valence-electron chi connectivity index (χ3n) is 2.25. The summed E-state index contributed by atoms with van der Waals surface area (Å²) >= 11 is 0. The average molecular weight is 232 g/mol. The summed E-state index contributed by atoms with van der Waals surface area (Å²) in [6, 6.07) is 2.03. The Morgan fingerprint density at radius 3 is 2.53 bits per heavy atom. The first-order valence-electron chi connectivity index (χ1n) is 4.12. The first kappa shape index (κ1) is 11.5.